The topological polar surface area (TPSA) is 77.2 Å². The maximum absolute atomic E-state index is 13.8. The number of rotatable bonds is 4. The number of benzene rings is 2. The van der Waals surface area contributed by atoms with Gasteiger partial charge in [0.15, 0.2) is 0 Å². The minimum absolute atomic E-state index is 0.108. The average Bonchev–Trinajstić information content (AvgIpc) is 3.06. The molecular formula is C21H16FN3O2S. The molecule has 0 saturated carbocycles. The molecule has 0 spiro atoms. The summed E-state index contributed by atoms with van der Waals surface area (Å²) in [6.07, 6.45) is 0. The van der Waals surface area contributed by atoms with Crippen molar-refractivity contribution in [3.8, 4) is 17.0 Å². The van der Waals surface area contributed by atoms with E-state index in [9.17, 15) is 9.18 Å². The third-order valence-electron chi connectivity index (χ3n) is 4.31. The Kier molecular flexibility index (Phi) is 4.67. The second kappa shape index (κ2) is 7.28. The first-order valence-corrected chi connectivity index (χ1v) is 9.28. The number of nitrogens with zero attached hydrogens (tertiary/aromatic N) is 1. The van der Waals surface area contributed by atoms with Gasteiger partial charge in [-0.05, 0) is 48.5 Å². The van der Waals surface area contributed by atoms with Crippen molar-refractivity contribution in [2.45, 2.75) is 0 Å². The van der Waals surface area contributed by atoms with Crippen LogP contribution in [0.4, 0.5) is 15.8 Å². The number of halogens is 1. The number of aromatic nitrogens is 1. The van der Waals surface area contributed by atoms with Crippen LogP contribution in [0.5, 0.6) is 5.75 Å². The second-order valence-corrected chi connectivity index (χ2v) is 7.06. The fourth-order valence-corrected chi connectivity index (χ4v) is 3.82. The second-order valence-electron chi connectivity index (χ2n) is 6.06. The zero-order valence-corrected chi connectivity index (χ0v) is 15.7. The summed E-state index contributed by atoms with van der Waals surface area (Å²) < 4.78 is 19.0. The molecule has 2 aromatic heterocycles. The van der Waals surface area contributed by atoms with E-state index in [4.69, 9.17) is 10.5 Å². The third kappa shape index (κ3) is 3.27. The summed E-state index contributed by atoms with van der Waals surface area (Å²) in [7, 11) is 1.61. The van der Waals surface area contributed by atoms with Crippen LogP contribution >= 0.6 is 11.3 Å². The predicted molar refractivity (Wildman–Crippen MR) is 110 cm³/mol. The van der Waals surface area contributed by atoms with Crippen molar-refractivity contribution in [2.75, 3.05) is 18.2 Å². The molecule has 0 radical (unpaired) electrons. The van der Waals surface area contributed by atoms with Gasteiger partial charge in [-0.1, -0.05) is 12.1 Å². The monoisotopic (exact) mass is 393 g/mol. The standard InChI is InChI=1S/C21H16FN3O2S/c1-27-13-8-6-12(7-9-13)16-11-10-14-18(23)19(28-21(14)25-16)20(26)24-17-5-3-2-4-15(17)22/h2-11H,23H2,1H3,(H,24,26). The zero-order chi connectivity index (χ0) is 19.7. The molecule has 3 N–H and O–H groups in total. The van der Waals surface area contributed by atoms with Crippen LogP contribution in [0.25, 0.3) is 21.5 Å². The number of nitrogens with one attached hydrogen (secondary N) is 1. The number of amides is 1. The lowest BCUT2D eigenvalue weighted by Gasteiger charge is -2.05. The molecule has 4 aromatic rings. The molecule has 0 unspecified atom stereocenters. The maximum atomic E-state index is 13.8. The van der Waals surface area contributed by atoms with E-state index in [2.05, 4.69) is 10.3 Å². The summed E-state index contributed by atoms with van der Waals surface area (Å²) in [5.41, 5.74) is 8.29. The Bertz CT molecular complexity index is 1170. The fourth-order valence-electron chi connectivity index (χ4n) is 2.83. The predicted octanol–water partition coefficient (Wildman–Crippen LogP) is 4.95. The van der Waals surface area contributed by atoms with Crippen LogP contribution in [0, 0.1) is 5.82 Å². The van der Waals surface area contributed by atoms with Crippen molar-refractivity contribution in [3.63, 3.8) is 0 Å². The van der Waals surface area contributed by atoms with Gasteiger partial charge >= 0.3 is 0 Å². The summed E-state index contributed by atoms with van der Waals surface area (Å²) in [4.78, 5) is 18.2. The highest BCUT2D eigenvalue weighted by atomic mass is 32.1. The third-order valence-corrected chi connectivity index (χ3v) is 5.42. The summed E-state index contributed by atoms with van der Waals surface area (Å²) in [6, 6.07) is 17.2. The fraction of sp³-hybridized carbons (Fsp3) is 0.0476. The Morgan fingerprint density at radius 3 is 2.57 bits per heavy atom. The molecule has 2 aromatic carbocycles. The lowest BCUT2D eigenvalue weighted by Crippen LogP contribution is -2.12. The van der Waals surface area contributed by atoms with E-state index in [0.717, 1.165) is 17.0 Å². The van der Waals surface area contributed by atoms with Crippen molar-refractivity contribution >= 4 is 38.8 Å². The van der Waals surface area contributed by atoms with Crippen LogP contribution in [-0.2, 0) is 0 Å². The van der Waals surface area contributed by atoms with Gasteiger partial charge in [0.25, 0.3) is 5.91 Å². The van der Waals surface area contributed by atoms with Crippen LogP contribution in [-0.4, -0.2) is 18.0 Å². The van der Waals surface area contributed by atoms with Gasteiger partial charge in [0.2, 0.25) is 0 Å². The number of nitrogen functional groups attached to an aromatic ring is 1. The Balaban J connectivity index is 1.68. The highest BCUT2D eigenvalue weighted by Crippen LogP contribution is 2.35. The Morgan fingerprint density at radius 1 is 1.11 bits per heavy atom. The molecule has 2 heterocycles. The molecule has 0 aliphatic heterocycles. The number of fused-ring (bicyclic) bond motifs is 1. The van der Waals surface area contributed by atoms with Crippen LogP contribution in [0.2, 0.25) is 0 Å². The van der Waals surface area contributed by atoms with Gasteiger partial charge in [-0.15, -0.1) is 11.3 Å². The van der Waals surface area contributed by atoms with E-state index in [0.29, 0.717) is 20.8 Å². The van der Waals surface area contributed by atoms with E-state index in [1.807, 2.05) is 36.4 Å². The number of nitrogens with two attached hydrogens (primary N) is 1. The lowest BCUT2D eigenvalue weighted by molar-refractivity contribution is 0.103. The smallest absolute Gasteiger partial charge is 0.268 e. The summed E-state index contributed by atoms with van der Waals surface area (Å²) in [5, 5.41) is 3.26. The van der Waals surface area contributed by atoms with E-state index < -0.39 is 11.7 Å². The molecule has 0 atom stereocenters. The normalized spacial score (nSPS) is 10.8. The van der Waals surface area contributed by atoms with Crippen molar-refractivity contribution in [1.29, 1.82) is 0 Å². The highest BCUT2D eigenvalue weighted by molar-refractivity contribution is 7.21. The van der Waals surface area contributed by atoms with Gasteiger partial charge in [0.1, 0.15) is 21.3 Å². The zero-order valence-electron chi connectivity index (χ0n) is 14.9. The molecule has 7 heteroatoms. The van der Waals surface area contributed by atoms with Crippen LogP contribution < -0.4 is 15.8 Å². The molecule has 0 aliphatic carbocycles. The quantitative estimate of drug-likeness (QED) is 0.515. The molecular weight excluding hydrogens is 377 g/mol. The maximum Gasteiger partial charge on any atom is 0.268 e. The molecule has 0 bridgehead atoms. The first kappa shape index (κ1) is 17.9. The van der Waals surface area contributed by atoms with Gasteiger partial charge in [-0.2, -0.15) is 0 Å². The van der Waals surface area contributed by atoms with E-state index in [1.165, 1.54) is 23.5 Å². The van der Waals surface area contributed by atoms with Gasteiger partial charge in [-0.3, -0.25) is 4.79 Å². The molecule has 1 amide bonds. The van der Waals surface area contributed by atoms with E-state index >= 15 is 0 Å². The van der Waals surface area contributed by atoms with E-state index in [-0.39, 0.29) is 5.69 Å². The molecule has 28 heavy (non-hydrogen) atoms. The average molecular weight is 393 g/mol. The van der Waals surface area contributed by atoms with Gasteiger partial charge in [0, 0.05) is 10.9 Å². The number of pyridine rings is 1. The van der Waals surface area contributed by atoms with E-state index in [1.54, 1.807) is 19.2 Å². The number of hydrogen-bond donors (Lipinski definition) is 2. The van der Waals surface area contributed by atoms with Gasteiger partial charge in [-0.25, -0.2) is 9.37 Å². The molecule has 0 aliphatic rings. The molecule has 0 fully saturated rings. The minimum atomic E-state index is -0.504. The number of thiophene rings is 1. The van der Waals surface area contributed by atoms with Crippen molar-refractivity contribution < 1.29 is 13.9 Å². The number of anilines is 2. The molecule has 140 valence electrons. The Hall–Kier alpha value is -3.45. The summed E-state index contributed by atoms with van der Waals surface area (Å²) in [5.74, 6) is -0.204. The largest absolute Gasteiger partial charge is 0.497 e. The Morgan fingerprint density at radius 2 is 1.86 bits per heavy atom. The number of methoxy groups -OCH3 is 1. The van der Waals surface area contributed by atoms with Gasteiger partial charge in [0.05, 0.1) is 24.2 Å². The van der Waals surface area contributed by atoms with Crippen molar-refractivity contribution in [1.82, 2.24) is 4.98 Å². The number of ether oxygens (including phenoxy) is 1. The number of para-hydroxylation sites is 1. The van der Waals surface area contributed by atoms with Crippen LogP contribution in [0.3, 0.4) is 0 Å². The first-order valence-electron chi connectivity index (χ1n) is 8.46. The molecule has 0 saturated heterocycles. The summed E-state index contributed by atoms with van der Waals surface area (Å²) >= 11 is 1.18. The SMILES string of the molecule is COc1ccc(-c2ccc3c(N)c(C(=O)Nc4ccccc4F)sc3n2)cc1. The van der Waals surface area contributed by atoms with Crippen molar-refractivity contribution in [3.05, 3.63) is 71.4 Å². The first-order chi connectivity index (χ1) is 13.6. The van der Waals surface area contributed by atoms with Crippen molar-refractivity contribution in [2.24, 2.45) is 0 Å². The molecule has 4 rings (SSSR count). The minimum Gasteiger partial charge on any atom is -0.497 e. The van der Waals surface area contributed by atoms with Crippen LogP contribution in [0.1, 0.15) is 9.67 Å². The number of hydrogen-bond acceptors (Lipinski definition) is 5. The highest BCUT2D eigenvalue weighted by Gasteiger charge is 2.19. The van der Waals surface area contributed by atoms with Crippen LogP contribution in [0.15, 0.2) is 60.7 Å². The number of carbonyl (C=O) groups excluding carboxylic acids is 1. The van der Waals surface area contributed by atoms with Gasteiger partial charge < -0.3 is 15.8 Å². The lowest BCUT2D eigenvalue weighted by atomic mass is 10.1. The number of carbonyl (C=O) groups is 1. The summed E-state index contributed by atoms with van der Waals surface area (Å²) in [6.45, 7) is 0. The Labute approximate surface area is 164 Å². The molecule has 5 nitrogen and oxygen atoms in total.